The van der Waals surface area contributed by atoms with Crippen molar-refractivity contribution in [1.82, 2.24) is 5.32 Å². The predicted molar refractivity (Wildman–Crippen MR) is 79.3 cm³/mol. The van der Waals surface area contributed by atoms with Crippen LogP contribution in [0.5, 0.6) is 0 Å². The lowest BCUT2D eigenvalue weighted by atomic mass is 10.0. The maximum Gasteiger partial charge on any atom is 0.303 e. The standard InChI is InChI=1S/C15H18BrNO3/c16-12-5-3-4-11(10-12)15(8-9-15)17-13(18)6-1-2-7-14(19)20/h3-5,10H,1-2,6-9H2,(H,17,18)(H,19,20). The summed E-state index contributed by atoms with van der Waals surface area (Å²) in [6.07, 6.45) is 3.61. The molecule has 1 aromatic carbocycles. The van der Waals surface area contributed by atoms with Crippen molar-refractivity contribution >= 4 is 27.8 Å². The minimum atomic E-state index is -0.807. The Hall–Kier alpha value is -1.36. The van der Waals surface area contributed by atoms with Crippen LogP contribution in [0.1, 0.15) is 44.1 Å². The number of amides is 1. The van der Waals surface area contributed by atoms with E-state index in [2.05, 4.69) is 21.2 Å². The van der Waals surface area contributed by atoms with Crippen molar-refractivity contribution in [2.75, 3.05) is 0 Å². The summed E-state index contributed by atoms with van der Waals surface area (Å²) in [6.45, 7) is 0. The van der Waals surface area contributed by atoms with Gasteiger partial charge < -0.3 is 10.4 Å². The second-order valence-corrected chi connectivity index (χ2v) is 6.16. The average molecular weight is 340 g/mol. The summed E-state index contributed by atoms with van der Waals surface area (Å²) in [5.74, 6) is -0.800. The van der Waals surface area contributed by atoms with Crippen LogP contribution in [0.15, 0.2) is 28.7 Å². The molecule has 0 aliphatic heterocycles. The molecule has 5 heteroatoms. The second-order valence-electron chi connectivity index (χ2n) is 5.24. The highest BCUT2D eigenvalue weighted by Crippen LogP contribution is 2.46. The molecule has 0 radical (unpaired) electrons. The van der Waals surface area contributed by atoms with Gasteiger partial charge in [0.25, 0.3) is 0 Å². The van der Waals surface area contributed by atoms with Gasteiger partial charge in [0.15, 0.2) is 0 Å². The molecule has 1 amide bonds. The van der Waals surface area contributed by atoms with Crippen LogP contribution < -0.4 is 5.32 Å². The zero-order valence-electron chi connectivity index (χ0n) is 11.2. The van der Waals surface area contributed by atoms with E-state index in [4.69, 9.17) is 5.11 Å². The quantitative estimate of drug-likeness (QED) is 0.749. The maximum absolute atomic E-state index is 11.9. The summed E-state index contributed by atoms with van der Waals surface area (Å²) >= 11 is 3.45. The Morgan fingerprint density at radius 1 is 1.25 bits per heavy atom. The minimum Gasteiger partial charge on any atom is -0.481 e. The number of carboxylic acid groups (broad SMARTS) is 1. The van der Waals surface area contributed by atoms with E-state index in [9.17, 15) is 9.59 Å². The molecule has 108 valence electrons. The Morgan fingerprint density at radius 3 is 2.55 bits per heavy atom. The number of nitrogens with one attached hydrogen (secondary N) is 1. The summed E-state index contributed by atoms with van der Waals surface area (Å²) in [5.41, 5.74) is 0.930. The lowest BCUT2D eigenvalue weighted by molar-refractivity contribution is -0.137. The van der Waals surface area contributed by atoms with Crippen molar-refractivity contribution in [3.8, 4) is 0 Å². The molecule has 0 unspecified atom stereocenters. The van der Waals surface area contributed by atoms with E-state index in [1.807, 2.05) is 24.3 Å². The van der Waals surface area contributed by atoms with E-state index < -0.39 is 5.97 Å². The first kappa shape index (κ1) is 15.0. The van der Waals surface area contributed by atoms with Crippen LogP contribution in [0, 0.1) is 0 Å². The van der Waals surface area contributed by atoms with E-state index in [0.717, 1.165) is 22.9 Å². The number of benzene rings is 1. The first-order valence-corrected chi connectivity index (χ1v) is 7.60. The number of carboxylic acids is 1. The first-order valence-electron chi connectivity index (χ1n) is 6.81. The van der Waals surface area contributed by atoms with Gasteiger partial charge in [0.2, 0.25) is 5.91 Å². The van der Waals surface area contributed by atoms with E-state index in [1.54, 1.807) is 0 Å². The Labute approximate surface area is 126 Å². The number of carbonyl (C=O) groups excluding carboxylic acids is 1. The highest BCUT2D eigenvalue weighted by Gasteiger charge is 2.45. The predicted octanol–water partition coefficient (Wildman–Crippen LogP) is 3.20. The molecule has 1 aromatic rings. The van der Waals surface area contributed by atoms with Gasteiger partial charge in [0.05, 0.1) is 5.54 Å². The molecule has 0 bridgehead atoms. The van der Waals surface area contributed by atoms with Crippen LogP contribution in [-0.4, -0.2) is 17.0 Å². The van der Waals surface area contributed by atoms with E-state index >= 15 is 0 Å². The van der Waals surface area contributed by atoms with Crippen LogP contribution in [-0.2, 0) is 15.1 Å². The van der Waals surface area contributed by atoms with Crippen molar-refractivity contribution < 1.29 is 14.7 Å². The van der Waals surface area contributed by atoms with Gasteiger partial charge in [-0.15, -0.1) is 0 Å². The second kappa shape index (κ2) is 6.39. The summed E-state index contributed by atoms with van der Waals surface area (Å²) in [6, 6.07) is 8.01. The van der Waals surface area contributed by atoms with Crippen LogP contribution in [0.2, 0.25) is 0 Å². The highest BCUT2D eigenvalue weighted by atomic mass is 79.9. The van der Waals surface area contributed by atoms with Crippen molar-refractivity contribution in [2.24, 2.45) is 0 Å². The Kier molecular flexibility index (Phi) is 4.81. The van der Waals surface area contributed by atoms with Crippen LogP contribution in [0.4, 0.5) is 0 Å². The fourth-order valence-electron chi connectivity index (χ4n) is 2.29. The molecule has 1 aliphatic rings. The van der Waals surface area contributed by atoms with Crippen molar-refractivity contribution in [3.05, 3.63) is 34.3 Å². The van der Waals surface area contributed by atoms with Crippen LogP contribution in [0.25, 0.3) is 0 Å². The Bertz CT molecular complexity index is 512. The van der Waals surface area contributed by atoms with Crippen LogP contribution >= 0.6 is 15.9 Å². The maximum atomic E-state index is 11.9. The Morgan fingerprint density at radius 2 is 1.95 bits per heavy atom. The largest absolute Gasteiger partial charge is 0.481 e. The molecule has 4 nitrogen and oxygen atoms in total. The van der Waals surface area contributed by atoms with E-state index in [-0.39, 0.29) is 17.9 Å². The van der Waals surface area contributed by atoms with Crippen molar-refractivity contribution in [2.45, 2.75) is 44.1 Å². The molecule has 20 heavy (non-hydrogen) atoms. The zero-order valence-corrected chi connectivity index (χ0v) is 12.8. The smallest absolute Gasteiger partial charge is 0.303 e. The van der Waals surface area contributed by atoms with Gasteiger partial charge in [-0.25, -0.2) is 0 Å². The monoisotopic (exact) mass is 339 g/mol. The molecule has 1 saturated carbocycles. The topological polar surface area (TPSA) is 66.4 Å². The number of aliphatic carboxylic acids is 1. The van der Waals surface area contributed by atoms with Crippen LogP contribution in [0.3, 0.4) is 0 Å². The number of hydrogen-bond donors (Lipinski definition) is 2. The third-order valence-corrected chi connectivity index (χ3v) is 4.04. The molecule has 0 atom stereocenters. The summed E-state index contributed by atoms with van der Waals surface area (Å²) in [7, 11) is 0. The lowest BCUT2D eigenvalue weighted by Crippen LogP contribution is -2.34. The molecular formula is C15H18BrNO3. The lowest BCUT2D eigenvalue weighted by Gasteiger charge is -2.18. The summed E-state index contributed by atoms with van der Waals surface area (Å²) in [4.78, 5) is 22.3. The molecule has 0 spiro atoms. The van der Waals surface area contributed by atoms with Gasteiger partial charge in [0.1, 0.15) is 0 Å². The fraction of sp³-hybridized carbons (Fsp3) is 0.467. The van der Waals surface area contributed by atoms with E-state index in [1.165, 1.54) is 0 Å². The first-order chi connectivity index (χ1) is 9.52. The third kappa shape index (κ3) is 4.07. The highest BCUT2D eigenvalue weighted by molar-refractivity contribution is 9.10. The molecular weight excluding hydrogens is 322 g/mol. The normalized spacial score (nSPS) is 15.7. The van der Waals surface area contributed by atoms with Crippen molar-refractivity contribution in [3.63, 3.8) is 0 Å². The SMILES string of the molecule is O=C(O)CCCCC(=O)NC1(c2cccc(Br)c2)CC1. The van der Waals surface area contributed by atoms with Gasteiger partial charge in [0, 0.05) is 17.3 Å². The van der Waals surface area contributed by atoms with Gasteiger partial charge >= 0.3 is 5.97 Å². The van der Waals surface area contributed by atoms with Gasteiger partial charge in [-0.3, -0.25) is 9.59 Å². The molecule has 0 saturated heterocycles. The Balaban J connectivity index is 1.83. The number of unbranched alkanes of at least 4 members (excludes halogenated alkanes) is 1. The summed E-state index contributed by atoms with van der Waals surface area (Å²) < 4.78 is 1.01. The molecule has 0 heterocycles. The van der Waals surface area contributed by atoms with Crippen molar-refractivity contribution in [1.29, 1.82) is 0 Å². The molecule has 0 aromatic heterocycles. The number of halogens is 1. The zero-order chi connectivity index (χ0) is 14.6. The third-order valence-electron chi connectivity index (χ3n) is 3.55. The molecule has 2 N–H and O–H groups in total. The number of carbonyl (C=O) groups is 2. The average Bonchev–Trinajstić information content (AvgIpc) is 3.15. The molecule has 1 aliphatic carbocycles. The molecule has 1 fully saturated rings. The summed E-state index contributed by atoms with van der Waals surface area (Å²) in [5, 5.41) is 11.6. The van der Waals surface area contributed by atoms with Gasteiger partial charge in [-0.1, -0.05) is 28.1 Å². The van der Waals surface area contributed by atoms with E-state index in [0.29, 0.717) is 19.3 Å². The minimum absolute atomic E-state index is 0.00728. The number of hydrogen-bond acceptors (Lipinski definition) is 2. The van der Waals surface area contributed by atoms with Gasteiger partial charge in [-0.2, -0.15) is 0 Å². The number of rotatable bonds is 7. The fourth-order valence-corrected chi connectivity index (χ4v) is 2.69. The molecule has 2 rings (SSSR count). The van der Waals surface area contributed by atoms with Gasteiger partial charge in [-0.05, 0) is 43.4 Å².